The number of carbonyl (C=O) groups is 1. The Morgan fingerprint density at radius 2 is 1.71 bits per heavy atom. The highest BCUT2D eigenvalue weighted by molar-refractivity contribution is 5.90. The Kier molecular flexibility index (Phi) is 9.06. The first-order valence-electron chi connectivity index (χ1n) is 6.08. The number of carbonyl (C=O) groups excluding carboxylic acids is 1. The Hall–Kier alpha value is -1.35. The van der Waals surface area contributed by atoms with Crippen molar-refractivity contribution in [1.29, 1.82) is 0 Å². The summed E-state index contributed by atoms with van der Waals surface area (Å²) in [5.74, 6) is -0.719. The van der Waals surface area contributed by atoms with Gasteiger partial charge in [-0.15, -0.1) is 0 Å². The van der Waals surface area contributed by atoms with Crippen LogP contribution in [0, 0.1) is 6.92 Å². The van der Waals surface area contributed by atoms with E-state index in [0.29, 0.717) is 5.56 Å². The topological polar surface area (TPSA) is 46.5 Å². The van der Waals surface area contributed by atoms with Gasteiger partial charge in [-0.2, -0.15) is 5.26 Å². The quantitative estimate of drug-likeness (QED) is 0.485. The molecule has 17 heavy (non-hydrogen) atoms. The number of benzene rings is 1. The second-order valence-electron chi connectivity index (χ2n) is 3.90. The van der Waals surface area contributed by atoms with Crippen LogP contribution in [0.4, 0.5) is 0 Å². The molecule has 1 aromatic rings. The standard InChI is InChI=1S/C8H8O3.C6H14/c1-6-4-2-3-5-7(6)8(9)11-10;1-3-5-6-4-2/h2-5,10H,1H3;3-6H2,1-2H3. The maximum Gasteiger partial charge on any atom is 0.373 e. The zero-order valence-corrected chi connectivity index (χ0v) is 10.9. The SMILES string of the molecule is CCCCCC.Cc1ccccc1C(=O)OO. The normalized spacial score (nSPS) is 9.18. The molecule has 1 rings (SSSR count). The molecule has 0 radical (unpaired) electrons. The third-order valence-electron chi connectivity index (χ3n) is 2.40. The maximum absolute atomic E-state index is 10.8. The molecule has 96 valence electrons. The minimum Gasteiger partial charge on any atom is -0.295 e. The van der Waals surface area contributed by atoms with Crippen molar-refractivity contribution in [3.05, 3.63) is 35.4 Å². The summed E-state index contributed by atoms with van der Waals surface area (Å²) < 4.78 is 0. The minimum absolute atomic E-state index is 0.384. The van der Waals surface area contributed by atoms with Crippen molar-refractivity contribution in [1.82, 2.24) is 0 Å². The van der Waals surface area contributed by atoms with Gasteiger partial charge >= 0.3 is 5.97 Å². The third-order valence-corrected chi connectivity index (χ3v) is 2.40. The number of aryl methyl sites for hydroxylation is 1. The second-order valence-corrected chi connectivity index (χ2v) is 3.90. The Bertz CT molecular complexity index is 317. The minimum atomic E-state index is -0.719. The predicted octanol–water partition coefficient (Wildman–Crippen LogP) is 4.21. The van der Waals surface area contributed by atoms with Crippen LogP contribution in [0.15, 0.2) is 24.3 Å². The summed E-state index contributed by atoms with van der Waals surface area (Å²) in [5, 5.41) is 8.06. The van der Waals surface area contributed by atoms with Crippen LogP contribution in [0.25, 0.3) is 0 Å². The summed E-state index contributed by atoms with van der Waals surface area (Å²) in [7, 11) is 0. The van der Waals surface area contributed by atoms with E-state index in [2.05, 4.69) is 18.7 Å². The highest BCUT2D eigenvalue weighted by atomic mass is 17.1. The van der Waals surface area contributed by atoms with Crippen LogP contribution >= 0.6 is 0 Å². The molecule has 0 atom stereocenters. The van der Waals surface area contributed by atoms with Crippen LogP contribution in [-0.2, 0) is 4.89 Å². The van der Waals surface area contributed by atoms with Gasteiger partial charge in [0.2, 0.25) is 0 Å². The molecule has 3 nitrogen and oxygen atoms in total. The van der Waals surface area contributed by atoms with E-state index in [-0.39, 0.29) is 0 Å². The van der Waals surface area contributed by atoms with Gasteiger partial charge in [0.15, 0.2) is 0 Å². The average molecular weight is 238 g/mol. The average Bonchev–Trinajstić information content (AvgIpc) is 2.37. The van der Waals surface area contributed by atoms with Crippen LogP contribution in [0.3, 0.4) is 0 Å². The van der Waals surface area contributed by atoms with Gasteiger partial charge in [-0.05, 0) is 18.6 Å². The van der Waals surface area contributed by atoms with Crippen molar-refractivity contribution >= 4 is 5.97 Å². The van der Waals surface area contributed by atoms with Gasteiger partial charge in [0.05, 0.1) is 5.56 Å². The molecular formula is C14H22O3. The van der Waals surface area contributed by atoms with Crippen LogP contribution in [-0.4, -0.2) is 11.2 Å². The van der Waals surface area contributed by atoms with Crippen molar-refractivity contribution in [2.75, 3.05) is 0 Å². The molecule has 0 heterocycles. The molecular weight excluding hydrogens is 216 g/mol. The van der Waals surface area contributed by atoms with Crippen LogP contribution in [0.1, 0.15) is 55.5 Å². The fourth-order valence-electron chi connectivity index (χ4n) is 1.35. The molecule has 0 fully saturated rings. The van der Waals surface area contributed by atoms with E-state index in [1.54, 1.807) is 25.1 Å². The predicted molar refractivity (Wildman–Crippen MR) is 69.0 cm³/mol. The molecule has 0 aromatic heterocycles. The first kappa shape index (κ1) is 15.7. The molecule has 0 bridgehead atoms. The lowest BCUT2D eigenvalue weighted by Gasteiger charge is -1.99. The molecule has 0 saturated heterocycles. The zero-order valence-electron chi connectivity index (χ0n) is 10.9. The van der Waals surface area contributed by atoms with Gasteiger partial charge in [0, 0.05) is 0 Å². The molecule has 0 spiro atoms. The van der Waals surface area contributed by atoms with E-state index < -0.39 is 5.97 Å². The van der Waals surface area contributed by atoms with E-state index >= 15 is 0 Å². The number of hydrogen-bond donors (Lipinski definition) is 1. The smallest absolute Gasteiger partial charge is 0.295 e. The number of rotatable bonds is 4. The fourth-order valence-corrected chi connectivity index (χ4v) is 1.35. The molecule has 0 saturated carbocycles. The van der Waals surface area contributed by atoms with E-state index in [4.69, 9.17) is 5.26 Å². The maximum atomic E-state index is 10.8. The summed E-state index contributed by atoms with van der Waals surface area (Å²) in [6, 6.07) is 6.88. The largest absolute Gasteiger partial charge is 0.373 e. The van der Waals surface area contributed by atoms with Gasteiger partial charge in [0.1, 0.15) is 0 Å². The first-order chi connectivity index (χ1) is 8.17. The lowest BCUT2D eigenvalue weighted by Crippen LogP contribution is -2.03. The van der Waals surface area contributed by atoms with E-state index in [1.807, 2.05) is 6.07 Å². The molecule has 0 amide bonds. The molecule has 0 aliphatic rings. The zero-order chi connectivity index (χ0) is 13.1. The van der Waals surface area contributed by atoms with E-state index in [9.17, 15) is 4.79 Å². The molecule has 1 N–H and O–H groups in total. The Balaban J connectivity index is 0.000000366. The fraction of sp³-hybridized carbons (Fsp3) is 0.500. The van der Waals surface area contributed by atoms with Gasteiger partial charge in [-0.1, -0.05) is 57.7 Å². The summed E-state index contributed by atoms with van der Waals surface area (Å²) in [6.45, 7) is 6.23. The second kappa shape index (κ2) is 9.85. The summed E-state index contributed by atoms with van der Waals surface area (Å²) in [5.41, 5.74) is 1.17. The van der Waals surface area contributed by atoms with Crippen molar-refractivity contribution in [2.24, 2.45) is 0 Å². The Morgan fingerprint density at radius 1 is 1.18 bits per heavy atom. The van der Waals surface area contributed by atoms with Crippen LogP contribution < -0.4 is 0 Å². The lowest BCUT2D eigenvalue weighted by atomic mass is 10.1. The molecule has 3 heteroatoms. The number of hydrogen-bond acceptors (Lipinski definition) is 3. The summed E-state index contributed by atoms with van der Waals surface area (Å²) >= 11 is 0. The first-order valence-corrected chi connectivity index (χ1v) is 6.08. The third kappa shape index (κ3) is 6.74. The Labute approximate surface area is 103 Å². The monoisotopic (exact) mass is 238 g/mol. The summed E-state index contributed by atoms with van der Waals surface area (Å²) in [6.07, 6.45) is 5.54. The van der Waals surface area contributed by atoms with Crippen molar-refractivity contribution in [3.8, 4) is 0 Å². The van der Waals surface area contributed by atoms with Gasteiger partial charge in [0.25, 0.3) is 0 Å². The van der Waals surface area contributed by atoms with Crippen molar-refractivity contribution < 1.29 is 14.9 Å². The van der Waals surface area contributed by atoms with Crippen LogP contribution in [0.2, 0.25) is 0 Å². The molecule has 0 unspecified atom stereocenters. The van der Waals surface area contributed by atoms with Crippen LogP contribution in [0.5, 0.6) is 0 Å². The van der Waals surface area contributed by atoms with Gasteiger partial charge in [-0.3, -0.25) is 4.89 Å². The lowest BCUT2D eigenvalue weighted by molar-refractivity contribution is -0.182. The highest BCUT2D eigenvalue weighted by Gasteiger charge is 2.07. The summed E-state index contributed by atoms with van der Waals surface area (Å²) in [4.78, 5) is 14.3. The van der Waals surface area contributed by atoms with E-state index in [1.165, 1.54) is 25.7 Å². The highest BCUT2D eigenvalue weighted by Crippen LogP contribution is 2.07. The molecule has 0 aliphatic heterocycles. The van der Waals surface area contributed by atoms with E-state index in [0.717, 1.165) is 5.56 Å². The van der Waals surface area contributed by atoms with Crippen molar-refractivity contribution in [3.63, 3.8) is 0 Å². The van der Waals surface area contributed by atoms with Gasteiger partial charge in [-0.25, -0.2) is 4.79 Å². The molecule has 0 aliphatic carbocycles. The van der Waals surface area contributed by atoms with Gasteiger partial charge < -0.3 is 0 Å². The number of unbranched alkanes of at least 4 members (excludes halogenated alkanes) is 3. The molecule has 1 aromatic carbocycles. The Morgan fingerprint density at radius 3 is 2.12 bits per heavy atom. The van der Waals surface area contributed by atoms with Crippen molar-refractivity contribution in [2.45, 2.75) is 46.5 Å².